The standard InChI is InChI=1S/C20H25F3N2/c1-19(2,3)12-25-11-16(18(24)20(21,22)23)15-9-8-14(10-17(15)25)13-6-4-5-7-13/h6,8-11,18H,4-5,7,12,24H2,1-3H3/t18-/m0/s1. The van der Waals surface area contributed by atoms with Gasteiger partial charge in [0.2, 0.25) is 0 Å². The van der Waals surface area contributed by atoms with Gasteiger partial charge in [0.15, 0.2) is 0 Å². The van der Waals surface area contributed by atoms with Crippen molar-refractivity contribution >= 4 is 16.5 Å². The lowest BCUT2D eigenvalue weighted by atomic mass is 9.96. The Morgan fingerprint density at radius 2 is 1.92 bits per heavy atom. The van der Waals surface area contributed by atoms with Gasteiger partial charge in [-0.15, -0.1) is 0 Å². The number of benzene rings is 1. The van der Waals surface area contributed by atoms with E-state index in [1.54, 1.807) is 12.3 Å². The summed E-state index contributed by atoms with van der Waals surface area (Å²) in [6, 6.07) is 3.77. The molecule has 0 bridgehead atoms. The SMILES string of the molecule is CC(C)(C)Cn1cc([C@H](N)C(F)(F)F)c2ccc(C3=CCCC3)cc21. The maximum atomic E-state index is 13.2. The van der Waals surface area contributed by atoms with Gasteiger partial charge >= 0.3 is 6.18 Å². The van der Waals surface area contributed by atoms with Gasteiger partial charge in [0.05, 0.1) is 0 Å². The molecule has 0 spiro atoms. The minimum absolute atomic E-state index is 0.0474. The molecule has 0 saturated carbocycles. The molecule has 2 aromatic rings. The van der Waals surface area contributed by atoms with Crippen LogP contribution in [0.1, 0.15) is 57.2 Å². The van der Waals surface area contributed by atoms with Crippen LogP contribution in [-0.2, 0) is 6.54 Å². The van der Waals surface area contributed by atoms with Gasteiger partial charge in [-0.25, -0.2) is 0 Å². The Morgan fingerprint density at radius 3 is 2.48 bits per heavy atom. The van der Waals surface area contributed by atoms with Gasteiger partial charge in [-0.1, -0.05) is 39.0 Å². The van der Waals surface area contributed by atoms with E-state index >= 15 is 0 Å². The minimum atomic E-state index is -4.45. The molecule has 5 heteroatoms. The zero-order valence-corrected chi connectivity index (χ0v) is 15.0. The van der Waals surface area contributed by atoms with Gasteiger partial charge in [-0.2, -0.15) is 13.2 Å². The van der Waals surface area contributed by atoms with Crippen molar-refractivity contribution < 1.29 is 13.2 Å². The summed E-state index contributed by atoms with van der Waals surface area (Å²) in [5.41, 5.74) is 8.85. The van der Waals surface area contributed by atoms with Crippen LogP contribution in [0.3, 0.4) is 0 Å². The molecular formula is C20H25F3N2. The Hall–Kier alpha value is -1.75. The van der Waals surface area contributed by atoms with Crippen molar-refractivity contribution in [3.05, 3.63) is 41.6 Å². The van der Waals surface area contributed by atoms with Crippen molar-refractivity contribution in [3.8, 4) is 0 Å². The van der Waals surface area contributed by atoms with Gasteiger partial charge in [0, 0.05) is 29.2 Å². The normalized spacial score (nSPS) is 17.2. The maximum absolute atomic E-state index is 13.2. The molecule has 0 unspecified atom stereocenters. The first-order valence-corrected chi connectivity index (χ1v) is 8.71. The van der Waals surface area contributed by atoms with Crippen molar-refractivity contribution in [2.75, 3.05) is 0 Å². The number of hydrogen-bond acceptors (Lipinski definition) is 1. The predicted octanol–water partition coefficient (Wildman–Crippen LogP) is 5.82. The Morgan fingerprint density at radius 1 is 1.20 bits per heavy atom. The molecule has 1 heterocycles. The third kappa shape index (κ3) is 3.76. The molecule has 1 atom stereocenters. The summed E-state index contributed by atoms with van der Waals surface area (Å²) in [5.74, 6) is 0. The van der Waals surface area contributed by atoms with E-state index < -0.39 is 12.2 Å². The second kappa shape index (κ2) is 6.20. The van der Waals surface area contributed by atoms with Gasteiger partial charge in [0.25, 0.3) is 0 Å². The average molecular weight is 350 g/mol. The number of rotatable bonds is 3. The molecule has 0 fully saturated rings. The molecule has 1 aromatic carbocycles. The first kappa shape index (κ1) is 18.1. The molecule has 1 aliphatic rings. The summed E-state index contributed by atoms with van der Waals surface area (Å²) in [5, 5.41) is 0.594. The lowest BCUT2D eigenvalue weighted by Gasteiger charge is -2.20. The fourth-order valence-corrected chi connectivity index (χ4v) is 3.52. The first-order chi connectivity index (χ1) is 11.6. The van der Waals surface area contributed by atoms with E-state index in [9.17, 15) is 13.2 Å². The van der Waals surface area contributed by atoms with Crippen molar-refractivity contribution in [3.63, 3.8) is 0 Å². The zero-order valence-electron chi connectivity index (χ0n) is 15.0. The summed E-state index contributed by atoms with van der Waals surface area (Å²) >= 11 is 0. The highest BCUT2D eigenvalue weighted by molar-refractivity contribution is 5.88. The molecule has 2 N–H and O–H groups in total. The Balaban J connectivity index is 2.15. The van der Waals surface area contributed by atoms with E-state index in [0.717, 1.165) is 30.3 Å². The van der Waals surface area contributed by atoms with E-state index in [-0.39, 0.29) is 11.0 Å². The number of nitrogens with zero attached hydrogens (tertiary/aromatic N) is 1. The summed E-state index contributed by atoms with van der Waals surface area (Å²) in [6.07, 6.45) is 2.59. The molecular weight excluding hydrogens is 325 g/mol. The summed E-state index contributed by atoms with van der Waals surface area (Å²) in [6.45, 7) is 6.86. The highest BCUT2D eigenvalue weighted by atomic mass is 19.4. The van der Waals surface area contributed by atoms with Crippen LogP contribution in [0, 0.1) is 5.41 Å². The topological polar surface area (TPSA) is 30.9 Å². The predicted molar refractivity (Wildman–Crippen MR) is 96.2 cm³/mol. The van der Waals surface area contributed by atoms with E-state index in [1.807, 2.05) is 16.7 Å². The number of aromatic nitrogens is 1. The number of fused-ring (bicyclic) bond motifs is 1. The average Bonchev–Trinajstić information content (AvgIpc) is 3.12. The third-order valence-electron chi connectivity index (χ3n) is 4.66. The lowest BCUT2D eigenvalue weighted by molar-refractivity contribution is -0.148. The molecule has 0 saturated heterocycles. The van der Waals surface area contributed by atoms with E-state index in [1.165, 1.54) is 5.57 Å². The van der Waals surface area contributed by atoms with E-state index in [0.29, 0.717) is 11.9 Å². The monoisotopic (exact) mass is 350 g/mol. The zero-order chi connectivity index (χ0) is 18.4. The molecule has 0 radical (unpaired) electrons. The summed E-state index contributed by atoms with van der Waals surface area (Å²) < 4.78 is 41.5. The van der Waals surface area contributed by atoms with Gasteiger partial charge in [-0.05, 0) is 41.9 Å². The first-order valence-electron chi connectivity index (χ1n) is 8.71. The van der Waals surface area contributed by atoms with Crippen LogP contribution in [0.2, 0.25) is 0 Å². The minimum Gasteiger partial charge on any atom is -0.347 e. The fraction of sp³-hybridized carbons (Fsp3) is 0.500. The van der Waals surface area contributed by atoms with E-state index in [4.69, 9.17) is 5.73 Å². The lowest BCUT2D eigenvalue weighted by Crippen LogP contribution is -2.28. The van der Waals surface area contributed by atoms with Crippen LogP contribution in [0.15, 0.2) is 30.5 Å². The summed E-state index contributed by atoms with van der Waals surface area (Å²) in [4.78, 5) is 0. The van der Waals surface area contributed by atoms with Crippen molar-refractivity contribution in [1.82, 2.24) is 4.57 Å². The quantitative estimate of drug-likeness (QED) is 0.743. The van der Waals surface area contributed by atoms with Crippen LogP contribution in [-0.4, -0.2) is 10.7 Å². The highest BCUT2D eigenvalue weighted by Crippen LogP contribution is 2.38. The Bertz CT molecular complexity index is 807. The van der Waals surface area contributed by atoms with Crippen LogP contribution in [0.5, 0.6) is 0 Å². The smallest absolute Gasteiger partial charge is 0.347 e. The van der Waals surface area contributed by atoms with Gasteiger partial charge < -0.3 is 10.3 Å². The molecule has 0 amide bonds. The molecule has 25 heavy (non-hydrogen) atoms. The second-order valence-corrected chi connectivity index (χ2v) is 8.15. The molecule has 1 aromatic heterocycles. The second-order valence-electron chi connectivity index (χ2n) is 8.15. The number of hydrogen-bond donors (Lipinski definition) is 1. The molecule has 1 aliphatic carbocycles. The molecule has 2 nitrogen and oxygen atoms in total. The van der Waals surface area contributed by atoms with Crippen molar-refractivity contribution in [2.45, 2.75) is 58.8 Å². The maximum Gasteiger partial charge on any atom is 0.407 e. The highest BCUT2D eigenvalue weighted by Gasteiger charge is 2.39. The van der Waals surface area contributed by atoms with Crippen molar-refractivity contribution in [1.29, 1.82) is 0 Å². The van der Waals surface area contributed by atoms with Crippen LogP contribution in [0.4, 0.5) is 13.2 Å². The van der Waals surface area contributed by atoms with E-state index in [2.05, 4.69) is 26.8 Å². The molecule has 0 aliphatic heterocycles. The molecule has 3 rings (SSSR count). The largest absolute Gasteiger partial charge is 0.407 e. The van der Waals surface area contributed by atoms with Crippen LogP contribution in [0.25, 0.3) is 16.5 Å². The number of allylic oxidation sites excluding steroid dienone is 2. The number of halogens is 3. The van der Waals surface area contributed by atoms with Gasteiger partial charge in [0.1, 0.15) is 6.04 Å². The fourth-order valence-electron chi connectivity index (χ4n) is 3.52. The number of alkyl halides is 3. The van der Waals surface area contributed by atoms with Crippen LogP contribution < -0.4 is 5.73 Å². The Kier molecular flexibility index (Phi) is 4.48. The molecule has 136 valence electrons. The Labute approximate surface area is 146 Å². The van der Waals surface area contributed by atoms with Crippen LogP contribution >= 0.6 is 0 Å². The summed E-state index contributed by atoms with van der Waals surface area (Å²) in [7, 11) is 0. The third-order valence-corrected chi connectivity index (χ3v) is 4.66. The van der Waals surface area contributed by atoms with Crippen molar-refractivity contribution in [2.24, 2.45) is 11.1 Å². The van der Waals surface area contributed by atoms with Gasteiger partial charge in [-0.3, -0.25) is 0 Å². The number of nitrogens with two attached hydrogens (primary N) is 1.